The van der Waals surface area contributed by atoms with Crippen LogP contribution in [0.25, 0.3) is 0 Å². The fraction of sp³-hybridized carbons (Fsp3) is 0.714. The maximum Gasteiger partial charge on any atom is 0.330 e. The van der Waals surface area contributed by atoms with E-state index in [2.05, 4.69) is 24.1 Å². The second-order valence-corrected chi connectivity index (χ2v) is 4.93. The molecule has 0 fully saturated rings. The van der Waals surface area contributed by atoms with Crippen molar-refractivity contribution in [2.45, 2.75) is 26.8 Å². The summed E-state index contributed by atoms with van der Waals surface area (Å²) in [6.45, 7) is 8.94. The van der Waals surface area contributed by atoms with Crippen LogP contribution in [0.2, 0.25) is 0 Å². The van der Waals surface area contributed by atoms with Gasteiger partial charge in [-0.15, -0.1) is 0 Å². The van der Waals surface area contributed by atoms with E-state index in [1.165, 1.54) is 17.7 Å². The number of nitrogens with one attached hydrogen (secondary N) is 1. The smallest absolute Gasteiger partial charge is 0.311 e. The molecule has 1 N–H and O–H groups in total. The van der Waals surface area contributed by atoms with E-state index in [1.54, 1.807) is 7.05 Å². The lowest BCUT2D eigenvalue weighted by Crippen LogP contribution is -2.39. The zero-order valence-corrected chi connectivity index (χ0v) is 13.0. The Morgan fingerprint density at radius 1 is 1.15 bits per heavy atom. The van der Waals surface area contributed by atoms with Crippen molar-refractivity contribution in [3.8, 4) is 0 Å². The first-order chi connectivity index (χ1) is 9.51. The predicted octanol–water partition coefficient (Wildman–Crippen LogP) is -0.0945. The van der Waals surface area contributed by atoms with Gasteiger partial charge in [-0.25, -0.2) is 4.79 Å². The fourth-order valence-electron chi connectivity index (χ4n) is 2.13. The van der Waals surface area contributed by atoms with Crippen LogP contribution in [-0.4, -0.2) is 40.2 Å². The Balaban J connectivity index is 2.47. The van der Waals surface area contributed by atoms with Crippen LogP contribution >= 0.6 is 0 Å². The minimum atomic E-state index is -0.280. The Hall–Kier alpha value is -1.40. The van der Waals surface area contributed by atoms with E-state index in [4.69, 9.17) is 0 Å². The van der Waals surface area contributed by atoms with Crippen LogP contribution in [0, 0.1) is 0 Å². The molecule has 0 saturated carbocycles. The molecule has 1 aromatic rings. The van der Waals surface area contributed by atoms with Gasteiger partial charge in [0.25, 0.3) is 5.56 Å². The van der Waals surface area contributed by atoms with Gasteiger partial charge in [0.05, 0.1) is 0 Å². The van der Waals surface area contributed by atoms with Crippen LogP contribution in [-0.2, 0) is 20.6 Å². The topological polar surface area (TPSA) is 59.3 Å². The number of rotatable bonds is 8. The molecule has 1 heterocycles. The molecule has 114 valence electrons. The zero-order valence-electron chi connectivity index (χ0n) is 13.0. The SMILES string of the molecule is CCN(CC)CCCNCc1cc(=O)n(C)c(=O)n1C. The Morgan fingerprint density at radius 2 is 1.80 bits per heavy atom. The highest BCUT2D eigenvalue weighted by molar-refractivity contribution is 5.01. The van der Waals surface area contributed by atoms with Crippen molar-refractivity contribution in [2.75, 3.05) is 26.2 Å². The van der Waals surface area contributed by atoms with Crippen molar-refractivity contribution in [3.63, 3.8) is 0 Å². The number of nitrogens with zero attached hydrogens (tertiary/aromatic N) is 3. The molecule has 0 bridgehead atoms. The number of hydrogen-bond acceptors (Lipinski definition) is 4. The zero-order chi connectivity index (χ0) is 15.1. The van der Waals surface area contributed by atoms with Gasteiger partial charge in [-0.1, -0.05) is 13.8 Å². The van der Waals surface area contributed by atoms with Crippen molar-refractivity contribution < 1.29 is 0 Å². The molecule has 0 unspecified atom stereocenters. The van der Waals surface area contributed by atoms with Crippen molar-refractivity contribution in [1.82, 2.24) is 19.4 Å². The molecule has 0 aliphatic heterocycles. The highest BCUT2D eigenvalue weighted by atomic mass is 16.2. The van der Waals surface area contributed by atoms with E-state index < -0.39 is 0 Å². The molecule has 0 aliphatic carbocycles. The second kappa shape index (κ2) is 8.01. The highest BCUT2D eigenvalue weighted by Crippen LogP contribution is 1.92. The van der Waals surface area contributed by atoms with Gasteiger partial charge in [-0.05, 0) is 32.6 Å². The lowest BCUT2D eigenvalue weighted by atomic mass is 10.3. The molecule has 0 saturated heterocycles. The number of aromatic nitrogens is 2. The Labute approximate surface area is 120 Å². The Kier molecular flexibility index (Phi) is 6.67. The first kappa shape index (κ1) is 16.7. The van der Waals surface area contributed by atoms with Crippen LogP contribution in [0.5, 0.6) is 0 Å². The summed E-state index contributed by atoms with van der Waals surface area (Å²) in [4.78, 5) is 25.7. The normalized spacial score (nSPS) is 11.2. The Bertz CT molecular complexity index is 529. The molecular weight excluding hydrogens is 256 g/mol. The lowest BCUT2D eigenvalue weighted by molar-refractivity contribution is 0.297. The van der Waals surface area contributed by atoms with E-state index in [0.29, 0.717) is 6.54 Å². The third-order valence-corrected chi connectivity index (χ3v) is 3.65. The summed E-state index contributed by atoms with van der Waals surface area (Å²) in [6.07, 6.45) is 1.06. The summed E-state index contributed by atoms with van der Waals surface area (Å²) < 4.78 is 2.63. The summed E-state index contributed by atoms with van der Waals surface area (Å²) in [5.41, 5.74) is 0.187. The molecule has 0 spiro atoms. The molecule has 6 nitrogen and oxygen atoms in total. The maximum absolute atomic E-state index is 11.8. The maximum atomic E-state index is 11.8. The van der Waals surface area contributed by atoms with Gasteiger partial charge in [0.15, 0.2) is 0 Å². The molecule has 0 amide bonds. The highest BCUT2D eigenvalue weighted by Gasteiger charge is 2.05. The van der Waals surface area contributed by atoms with Gasteiger partial charge >= 0.3 is 5.69 Å². The van der Waals surface area contributed by atoms with Gasteiger partial charge in [0.1, 0.15) is 0 Å². The third kappa shape index (κ3) is 4.31. The molecule has 6 heteroatoms. The van der Waals surface area contributed by atoms with E-state index in [1.807, 2.05) is 0 Å². The summed E-state index contributed by atoms with van der Waals surface area (Å²) >= 11 is 0. The molecule has 1 rings (SSSR count). The Morgan fingerprint density at radius 3 is 2.40 bits per heavy atom. The number of hydrogen-bond donors (Lipinski definition) is 1. The van der Waals surface area contributed by atoms with E-state index in [9.17, 15) is 9.59 Å². The van der Waals surface area contributed by atoms with E-state index >= 15 is 0 Å². The summed E-state index contributed by atoms with van der Waals surface area (Å²) in [7, 11) is 3.18. The standard InChI is InChI=1S/C14H26N4O2/c1-5-18(6-2)9-7-8-15-11-12-10-13(19)17(4)14(20)16(12)3/h10,15H,5-9,11H2,1-4H3. The summed E-state index contributed by atoms with van der Waals surface area (Å²) in [5, 5.41) is 3.29. The molecule has 0 aliphatic rings. The molecule has 0 aromatic carbocycles. The molecule has 20 heavy (non-hydrogen) atoms. The van der Waals surface area contributed by atoms with Crippen LogP contribution in [0.4, 0.5) is 0 Å². The molecule has 0 atom stereocenters. The van der Waals surface area contributed by atoms with E-state index in [0.717, 1.165) is 42.9 Å². The predicted molar refractivity (Wildman–Crippen MR) is 81.0 cm³/mol. The quantitative estimate of drug-likeness (QED) is 0.677. The van der Waals surface area contributed by atoms with Crippen LogP contribution in [0.3, 0.4) is 0 Å². The van der Waals surface area contributed by atoms with Crippen LogP contribution in [0.15, 0.2) is 15.7 Å². The van der Waals surface area contributed by atoms with Crippen molar-refractivity contribution in [2.24, 2.45) is 14.1 Å². The van der Waals surface area contributed by atoms with Crippen molar-refractivity contribution in [1.29, 1.82) is 0 Å². The van der Waals surface area contributed by atoms with Gasteiger partial charge in [0, 0.05) is 32.4 Å². The van der Waals surface area contributed by atoms with Gasteiger partial charge in [-0.3, -0.25) is 13.9 Å². The third-order valence-electron chi connectivity index (χ3n) is 3.65. The minimum Gasteiger partial charge on any atom is -0.311 e. The van der Waals surface area contributed by atoms with Gasteiger partial charge in [-0.2, -0.15) is 0 Å². The average molecular weight is 282 g/mol. The van der Waals surface area contributed by atoms with Crippen molar-refractivity contribution in [3.05, 3.63) is 32.6 Å². The molecular formula is C14H26N4O2. The average Bonchev–Trinajstić information content (AvgIpc) is 2.45. The monoisotopic (exact) mass is 282 g/mol. The fourth-order valence-corrected chi connectivity index (χ4v) is 2.13. The second-order valence-electron chi connectivity index (χ2n) is 4.93. The van der Waals surface area contributed by atoms with Crippen LogP contribution < -0.4 is 16.6 Å². The van der Waals surface area contributed by atoms with Gasteiger partial charge < -0.3 is 10.2 Å². The van der Waals surface area contributed by atoms with Crippen molar-refractivity contribution >= 4 is 0 Å². The first-order valence-electron chi connectivity index (χ1n) is 7.20. The molecule has 1 aromatic heterocycles. The van der Waals surface area contributed by atoms with Crippen LogP contribution in [0.1, 0.15) is 26.0 Å². The molecule has 0 radical (unpaired) electrons. The summed E-state index contributed by atoms with van der Waals surface area (Å²) in [5.74, 6) is 0. The summed E-state index contributed by atoms with van der Waals surface area (Å²) in [6, 6.07) is 1.51. The van der Waals surface area contributed by atoms with E-state index in [-0.39, 0.29) is 11.2 Å². The first-order valence-corrected chi connectivity index (χ1v) is 7.20. The minimum absolute atomic E-state index is 0.256. The lowest BCUT2D eigenvalue weighted by Gasteiger charge is -2.17. The largest absolute Gasteiger partial charge is 0.330 e. The van der Waals surface area contributed by atoms with Gasteiger partial charge in [0.2, 0.25) is 0 Å².